The highest BCUT2D eigenvalue weighted by Gasteiger charge is 2.55. The summed E-state index contributed by atoms with van der Waals surface area (Å²) in [7, 11) is 1.15. The standard InChI is InChI=1S/C20H24FNO8/c1-22-17(25)15(19(27)29-10-2-8-23)14(12-4-6-13(21)7-5-12)16(18(22)26)20(28)30-11-3-9-24/h4-7,14-16,23-24H,2-3,8-11H2,1H3/t14-,15+,16-. The maximum absolute atomic E-state index is 13.4. The quantitative estimate of drug-likeness (QED) is 0.245. The van der Waals surface area contributed by atoms with Gasteiger partial charge in [-0.15, -0.1) is 0 Å². The molecule has 1 saturated heterocycles. The Hall–Kier alpha value is -2.85. The minimum Gasteiger partial charge on any atom is -0.465 e. The highest BCUT2D eigenvalue weighted by atomic mass is 19.1. The number of halogens is 1. The zero-order valence-electron chi connectivity index (χ0n) is 16.5. The van der Waals surface area contributed by atoms with Crippen molar-refractivity contribution in [2.24, 2.45) is 11.8 Å². The van der Waals surface area contributed by atoms with Gasteiger partial charge in [-0.1, -0.05) is 12.1 Å². The highest BCUT2D eigenvalue weighted by molar-refractivity contribution is 6.14. The van der Waals surface area contributed by atoms with E-state index in [9.17, 15) is 23.6 Å². The molecule has 2 N–H and O–H groups in total. The maximum Gasteiger partial charge on any atom is 0.319 e. The lowest BCUT2D eigenvalue weighted by atomic mass is 9.72. The molecular formula is C20H24FNO8. The molecule has 0 unspecified atom stereocenters. The van der Waals surface area contributed by atoms with Crippen LogP contribution >= 0.6 is 0 Å². The molecule has 1 aliphatic rings. The average Bonchev–Trinajstić information content (AvgIpc) is 2.72. The predicted octanol–water partition coefficient (Wildman–Crippen LogP) is -0.00850. The number of ether oxygens (including phenoxy) is 2. The predicted molar refractivity (Wildman–Crippen MR) is 99.2 cm³/mol. The molecule has 2 rings (SSSR count). The number of esters is 2. The first-order valence-electron chi connectivity index (χ1n) is 9.45. The molecule has 2 amide bonds. The monoisotopic (exact) mass is 425 g/mol. The van der Waals surface area contributed by atoms with Crippen molar-refractivity contribution < 1.29 is 43.3 Å². The zero-order chi connectivity index (χ0) is 22.3. The molecule has 0 aromatic heterocycles. The van der Waals surface area contributed by atoms with Gasteiger partial charge in [0.25, 0.3) is 0 Å². The summed E-state index contributed by atoms with van der Waals surface area (Å²) in [5.41, 5.74) is 0.222. The summed E-state index contributed by atoms with van der Waals surface area (Å²) in [5.74, 6) is -8.55. The van der Waals surface area contributed by atoms with E-state index in [4.69, 9.17) is 19.7 Å². The van der Waals surface area contributed by atoms with Gasteiger partial charge in [0.2, 0.25) is 11.8 Å². The molecule has 1 heterocycles. The number of aliphatic hydroxyl groups is 2. The molecule has 1 fully saturated rings. The first kappa shape index (κ1) is 23.4. The summed E-state index contributed by atoms with van der Waals surface area (Å²) in [4.78, 5) is 51.6. The smallest absolute Gasteiger partial charge is 0.319 e. The minimum atomic E-state index is -1.53. The Labute approximate surface area is 172 Å². The summed E-state index contributed by atoms with van der Waals surface area (Å²) < 4.78 is 23.5. The van der Waals surface area contributed by atoms with Gasteiger partial charge >= 0.3 is 11.9 Å². The van der Waals surface area contributed by atoms with Crippen LogP contribution in [0.5, 0.6) is 0 Å². The molecular weight excluding hydrogens is 401 g/mol. The van der Waals surface area contributed by atoms with E-state index >= 15 is 0 Å². The van der Waals surface area contributed by atoms with Crippen molar-refractivity contribution in [3.05, 3.63) is 35.6 Å². The SMILES string of the molecule is CN1C(=O)[C@@H](C(=O)OCCCO)[C@@H](c2ccc(F)cc2)[C@@H](C(=O)OCCCO)C1=O. The Morgan fingerprint density at radius 2 is 1.37 bits per heavy atom. The van der Waals surface area contributed by atoms with E-state index in [1.165, 1.54) is 12.1 Å². The summed E-state index contributed by atoms with van der Waals surface area (Å²) in [6.07, 6.45) is 0.296. The van der Waals surface area contributed by atoms with Gasteiger partial charge in [-0.25, -0.2) is 4.39 Å². The fraction of sp³-hybridized carbons (Fsp3) is 0.500. The second-order valence-electron chi connectivity index (χ2n) is 6.76. The summed E-state index contributed by atoms with van der Waals surface area (Å²) in [6, 6.07) is 4.75. The normalized spacial score (nSPS) is 21.5. The number of nitrogens with zero attached hydrogens (tertiary/aromatic N) is 1. The van der Waals surface area contributed by atoms with Gasteiger partial charge in [-0.05, 0) is 17.7 Å². The number of hydrogen-bond donors (Lipinski definition) is 2. The van der Waals surface area contributed by atoms with Crippen LogP contribution in [0, 0.1) is 17.7 Å². The molecule has 1 aromatic carbocycles. The second-order valence-corrected chi connectivity index (χ2v) is 6.76. The van der Waals surface area contributed by atoms with Crippen LogP contribution in [0.15, 0.2) is 24.3 Å². The first-order valence-corrected chi connectivity index (χ1v) is 9.45. The van der Waals surface area contributed by atoms with Crippen molar-refractivity contribution in [3.63, 3.8) is 0 Å². The van der Waals surface area contributed by atoms with Crippen molar-refractivity contribution in [1.82, 2.24) is 4.90 Å². The van der Waals surface area contributed by atoms with Crippen LogP contribution in [0.3, 0.4) is 0 Å². The number of piperidine rings is 1. The molecule has 1 aliphatic heterocycles. The molecule has 10 heteroatoms. The second kappa shape index (κ2) is 10.8. The first-order chi connectivity index (χ1) is 14.3. The number of carbonyl (C=O) groups excluding carboxylic acids is 4. The third-order valence-electron chi connectivity index (χ3n) is 4.77. The van der Waals surface area contributed by atoms with E-state index in [-0.39, 0.29) is 44.8 Å². The van der Waals surface area contributed by atoms with E-state index in [1.807, 2.05) is 0 Å². The van der Waals surface area contributed by atoms with Crippen LogP contribution in [0.4, 0.5) is 4.39 Å². The molecule has 9 nitrogen and oxygen atoms in total. The molecule has 1 aromatic rings. The molecule has 3 atom stereocenters. The van der Waals surface area contributed by atoms with Gasteiger partial charge in [0.1, 0.15) is 17.7 Å². The molecule has 0 saturated carbocycles. The minimum absolute atomic E-state index is 0.148. The molecule has 164 valence electrons. The molecule has 0 bridgehead atoms. The average molecular weight is 425 g/mol. The lowest BCUT2D eigenvalue weighted by Gasteiger charge is -2.38. The number of aliphatic hydroxyl groups excluding tert-OH is 2. The van der Waals surface area contributed by atoms with E-state index < -0.39 is 47.3 Å². The Morgan fingerprint density at radius 3 is 1.77 bits per heavy atom. The van der Waals surface area contributed by atoms with Crippen molar-refractivity contribution in [2.75, 3.05) is 33.5 Å². The van der Waals surface area contributed by atoms with Crippen LogP contribution in [-0.2, 0) is 28.7 Å². The van der Waals surface area contributed by atoms with Gasteiger partial charge in [-0.3, -0.25) is 24.1 Å². The Balaban J connectivity index is 2.46. The summed E-state index contributed by atoms with van der Waals surface area (Å²) in [5, 5.41) is 17.7. The Morgan fingerprint density at radius 1 is 0.933 bits per heavy atom. The lowest BCUT2D eigenvalue weighted by molar-refractivity contribution is -0.171. The lowest BCUT2D eigenvalue weighted by Crippen LogP contribution is -2.56. The summed E-state index contributed by atoms with van der Waals surface area (Å²) in [6.45, 7) is -0.770. The Kier molecular flexibility index (Phi) is 8.43. The number of likely N-dealkylation sites (tertiary alicyclic amines) is 1. The molecule has 0 aliphatic carbocycles. The number of imide groups is 1. The van der Waals surface area contributed by atoms with Crippen LogP contribution in [0.2, 0.25) is 0 Å². The Bertz CT molecular complexity index is 740. The van der Waals surface area contributed by atoms with Crippen molar-refractivity contribution >= 4 is 23.8 Å². The van der Waals surface area contributed by atoms with Gasteiger partial charge in [-0.2, -0.15) is 0 Å². The van der Waals surface area contributed by atoms with Gasteiger partial charge in [0.05, 0.1) is 13.2 Å². The number of carbonyl (C=O) groups is 4. The largest absolute Gasteiger partial charge is 0.465 e. The third kappa shape index (κ3) is 5.19. The molecule has 0 spiro atoms. The van der Waals surface area contributed by atoms with Crippen LogP contribution in [-0.4, -0.2) is 72.3 Å². The van der Waals surface area contributed by atoms with Crippen molar-refractivity contribution in [3.8, 4) is 0 Å². The van der Waals surface area contributed by atoms with E-state index in [0.717, 1.165) is 19.2 Å². The number of rotatable bonds is 9. The maximum atomic E-state index is 13.4. The third-order valence-corrected chi connectivity index (χ3v) is 4.77. The molecule has 30 heavy (non-hydrogen) atoms. The van der Waals surface area contributed by atoms with Crippen LogP contribution in [0.25, 0.3) is 0 Å². The van der Waals surface area contributed by atoms with E-state index in [0.29, 0.717) is 4.90 Å². The van der Waals surface area contributed by atoms with Gasteiger partial charge < -0.3 is 19.7 Å². The number of amides is 2. The van der Waals surface area contributed by atoms with E-state index in [1.54, 1.807) is 0 Å². The molecule has 0 radical (unpaired) electrons. The number of benzene rings is 1. The highest BCUT2D eigenvalue weighted by Crippen LogP contribution is 2.40. The van der Waals surface area contributed by atoms with Crippen molar-refractivity contribution in [1.29, 1.82) is 0 Å². The fourth-order valence-electron chi connectivity index (χ4n) is 3.24. The van der Waals surface area contributed by atoms with Crippen LogP contribution in [0.1, 0.15) is 24.3 Å². The van der Waals surface area contributed by atoms with E-state index in [2.05, 4.69) is 0 Å². The fourth-order valence-corrected chi connectivity index (χ4v) is 3.24. The topological polar surface area (TPSA) is 130 Å². The van der Waals surface area contributed by atoms with Crippen molar-refractivity contribution in [2.45, 2.75) is 18.8 Å². The zero-order valence-corrected chi connectivity index (χ0v) is 16.5. The summed E-state index contributed by atoms with van der Waals surface area (Å²) >= 11 is 0. The van der Waals surface area contributed by atoms with Crippen LogP contribution < -0.4 is 0 Å². The van der Waals surface area contributed by atoms with Gasteiger partial charge in [0.15, 0.2) is 0 Å². The van der Waals surface area contributed by atoms with Gasteiger partial charge in [0, 0.05) is 39.0 Å². The number of hydrogen-bond acceptors (Lipinski definition) is 8.